The second-order valence-electron chi connectivity index (χ2n) is 4.09. The molecule has 0 radical (unpaired) electrons. The number of hydrogen-bond donors (Lipinski definition) is 1. The van der Waals surface area contributed by atoms with Crippen molar-refractivity contribution in [1.82, 2.24) is 9.97 Å². The third-order valence-corrected chi connectivity index (χ3v) is 2.86. The fraction of sp³-hybridized carbons (Fsp3) is 0.231. The Hall–Kier alpha value is -1.42. The standard InChI is InChI=1S/C13H14BrN3/c1-9(2)11-5-3-4-6-12(11)17-13-15-7-10(14)8-16-13/h3-9H,1-2H3,(H,15,16,17). The highest BCUT2D eigenvalue weighted by Gasteiger charge is 2.06. The van der Waals surface area contributed by atoms with Gasteiger partial charge in [-0.05, 0) is 33.5 Å². The lowest BCUT2D eigenvalue weighted by molar-refractivity contribution is 0.868. The highest BCUT2D eigenvalue weighted by molar-refractivity contribution is 9.10. The molecule has 0 saturated heterocycles. The fourth-order valence-corrected chi connectivity index (χ4v) is 1.82. The molecule has 88 valence electrons. The second kappa shape index (κ2) is 5.27. The van der Waals surface area contributed by atoms with E-state index in [1.165, 1.54) is 5.56 Å². The number of nitrogens with zero attached hydrogens (tertiary/aromatic N) is 2. The quantitative estimate of drug-likeness (QED) is 0.925. The summed E-state index contributed by atoms with van der Waals surface area (Å²) in [5, 5.41) is 3.24. The highest BCUT2D eigenvalue weighted by atomic mass is 79.9. The van der Waals surface area contributed by atoms with E-state index in [0.717, 1.165) is 10.2 Å². The van der Waals surface area contributed by atoms with Gasteiger partial charge in [-0.3, -0.25) is 0 Å². The van der Waals surface area contributed by atoms with E-state index in [9.17, 15) is 0 Å². The number of halogens is 1. The van der Waals surface area contributed by atoms with Gasteiger partial charge in [-0.25, -0.2) is 9.97 Å². The number of hydrogen-bond acceptors (Lipinski definition) is 3. The summed E-state index contributed by atoms with van der Waals surface area (Å²) in [5.41, 5.74) is 2.32. The van der Waals surface area contributed by atoms with Gasteiger partial charge in [0, 0.05) is 18.1 Å². The molecule has 3 nitrogen and oxygen atoms in total. The Morgan fingerprint density at radius 2 is 1.76 bits per heavy atom. The van der Waals surface area contributed by atoms with Gasteiger partial charge >= 0.3 is 0 Å². The van der Waals surface area contributed by atoms with Crippen molar-refractivity contribution < 1.29 is 0 Å². The van der Waals surface area contributed by atoms with Gasteiger partial charge in [-0.15, -0.1) is 0 Å². The first-order chi connectivity index (χ1) is 8.16. The average molecular weight is 292 g/mol. The summed E-state index contributed by atoms with van der Waals surface area (Å²) in [6.07, 6.45) is 3.46. The monoisotopic (exact) mass is 291 g/mol. The Balaban J connectivity index is 2.26. The lowest BCUT2D eigenvalue weighted by Crippen LogP contribution is -2.00. The van der Waals surface area contributed by atoms with Gasteiger partial charge in [-0.2, -0.15) is 0 Å². The molecule has 0 aliphatic heterocycles. The SMILES string of the molecule is CC(C)c1ccccc1Nc1ncc(Br)cn1. The molecule has 0 fully saturated rings. The molecule has 0 unspecified atom stereocenters. The van der Waals surface area contributed by atoms with E-state index in [1.807, 2.05) is 18.2 Å². The molecular formula is C13H14BrN3. The summed E-state index contributed by atoms with van der Waals surface area (Å²) in [4.78, 5) is 8.41. The summed E-state index contributed by atoms with van der Waals surface area (Å²) in [5.74, 6) is 1.08. The first-order valence-corrected chi connectivity index (χ1v) is 6.29. The van der Waals surface area contributed by atoms with Gasteiger partial charge in [-0.1, -0.05) is 32.0 Å². The number of aromatic nitrogens is 2. The van der Waals surface area contributed by atoms with Crippen LogP contribution in [0.5, 0.6) is 0 Å². The van der Waals surface area contributed by atoms with E-state index in [2.05, 4.69) is 51.1 Å². The molecule has 1 aromatic carbocycles. The lowest BCUT2D eigenvalue weighted by Gasteiger charge is -2.13. The van der Waals surface area contributed by atoms with Crippen molar-refractivity contribution >= 4 is 27.6 Å². The second-order valence-corrected chi connectivity index (χ2v) is 5.01. The van der Waals surface area contributed by atoms with Gasteiger partial charge in [0.05, 0.1) is 4.47 Å². The van der Waals surface area contributed by atoms with Crippen molar-refractivity contribution in [1.29, 1.82) is 0 Å². The van der Waals surface area contributed by atoms with Crippen LogP contribution in [0.25, 0.3) is 0 Å². The van der Waals surface area contributed by atoms with Crippen LogP contribution in [0.2, 0.25) is 0 Å². The minimum Gasteiger partial charge on any atom is -0.324 e. The van der Waals surface area contributed by atoms with E-state index in [-0.39, 0.29) is 0 Å². The molecule has 1 N–H and O–H groups in total. The number of anilines is 2. The minimum absolute atomic E-state index is 0.467. The van der Waals surface area contributed by atoms with Gasteiger partial charge in [0.2, 0.25) is 5.95 Å². The summed E-state index contributed by atoms with van der Waals surface area (Å²) < 4.78 is 0.875. The fourth-order valence-electron chi connectivity index (χ4n) is 1.61. The van der Waals surface area contributed by atoms with Crippen LogP contribution in [0, 0.1) is 0 Å². The Bertz CT molecular complexity index is 494. The van der Waals surface area contributed by atoms with E-state index in [1.54, 1.807) is 12.4 Å². The summed E-state index contributed by atoms with van der Waals surface area (Å²) in [6, 6.07) is 8.21. The molecule has 0 bridgehead atoms. The largest absolute Gasteiger partial charge is 0.324 e. The van der Waals surface area contributed by atoms with Crippen LogP contribution < -0.4 is 5.32 Å². The highest BCUT2D eigenvalue weighted by Crippen LogP contribution is 2.25. The van der Waals surface area contributed by atoms with Crippen LogP contribution in [0.1, 0.15) is 25.3 Å². The smallest absolute Gasteiger partial charge is 0.227 e. The molecule has 1 aromatic heterocycles. The zero-order chi connectivity index (χ0) is 12.3. The predicted octanol–water partition coefficient (Wildman–Crippen LogP) is 4.11. The van der Waals surface area contributed by atoms with Gasteiger partial charge in [0.25, 0.3) is 0 Å². The number of benzene rings is 1. The molecule has 1 heterocycles. The maximum Gasteiger partial charge on any atom is 0.227 e. The Morgan fingerprint density at radius 3 is 2.41 bits per heavy atom. The van der Waals surface area contributed by atoms with E-state index in [0.29, 0.717) is 11.9 Å². The van der Waals surface area contributed by atoms with Gasteiger partial charge in [0.15, 0.2) is 0 Å². The van der Waals surface area contributed by atoms with Gasteiger partial charge < -0.3 is 5.32 Å². The first-order valence-electron chi connectivity index (χ1n) is 5.50. The lowest BCUT2D eigenvalue weighted by atomic mass is 10.0. The molecule has 0 spiro atoms. The molecule has 0 aliphatic carbocycles. The average Bonchev–Trinajstić information content (AvgIpc) is 2.32. The summed E-state index contributed by atoms with van der Waals surface area (Å²) in [7, 11) is 0. The van der Waals surface area contributed by atoms with Crippen molar-refractivity contribution in [3.63, 3.8) is 0 Å². The zero-order valence-electron chi connectivity index (χ0n) is 9.81. The molecule has 2 aromatic rings. The third-order valence-electron chi connectivity index (χ3n) is 2.45. The van der Waals surface area contributed by atoms with Crippen molar-refractivity contribution in [2.24, 2.45) is 0 Å². The molecule has 4 heteroatoms. The van der Waals surface area contributed by atoms with E-state index < -0.39 is 0 Å². The maximum absolute atomic E-state index is 4.20. The van der Waals surface area contributed by atoms with Crippen molar-refractivity contribution in [2.75, 3.05) is 5.32 Å². The van der Waals surface area contributed by atoms with Crippen LogP contribution in [-0.2, 0) is 0 Å². The molecule has 0 amide bonds. The normalized spacial score (nSPS) is 10.6. The first kappa shape index (κ1) is 12.0. The number of nitrogens with one attached hydrogen (secondary N) is 1. The zero-order valence-corrected chi connectivity index (χ0v) is 11.4. The number of rotatable bonds is 3. The van der Waals surface area contributed by atoms with Crippen molar-refractivity contribution in [2.45, 2.75) is 19.8 Å². The Labute approximate surface area is 109 Å². The summed E-state index contributed by atoms with van der Waals surface area (Å²) >= 11 is 3.32. The molecular weight excluding hydrogens is 278 g/mol. The summed E-state index contributed by atoms with van der Waals surface area (Å²) in [6.45, 7) is 4.34. The van der Waals surface area contributed by atoms with Crippen LogP contribution in [0.15, 0.2) is 41.1 Å². The van der Waals surface area contributed by atoms with E-state index >= 15 is 0 Å². The van der Waals surface area contributed by atoms with Crippen LogP contribution in [0.3, 0.4) is 0 Å². The Kier molecular flexibility index (Phi) is 3.74. The molecule has 0 saturated carbocycles. The maximum atomic E-state index is 4.20. The van der Waals surface area contributed by atoms with Crippen LogP contribution in [0.4, 0.5) is 11.6 Å². The van der Waals surface area contributed by atoms with Crippen molar-refractivity contribution in [3.8, 4) is 0 Å². The molecule has 2 rings (SSSR count). The molecule has 0 aliphatic rings. The van der Waals surface area contributed by atoms with E-state index in [4.69, 9.17) is 0 Å². The predicted molar refractivity (Wildman–Crippen MR) is 73.5 cm³/mol. The molecule has 0 atom stereocenters. The van der Waals surface area contributed by atoms with Gasteiger partial charge in [0.1, 0.15) is 0 Å². The van der Waals surface area contributed by atoms with Crippen molar-refractivity contribution in [3.05, 3.63) is 46.7 Å². The Morgan fingerprint density at radius 1 is 1.12 bits per heavy atom. The molecule has 17 heavy (non-hydrogen) atoms. The van der Waals surface area contributed by atoms with Crippen LogP contribution in [-0.4, -0.2) is 9.97 Å². The topological polar surface area (TPSA) is 37.8 Å². The minimum atomic E-state index is 0.467. The third kappa shape index (κ3) is 3.03. The number of para-hydroxylation sites is 1. The van der Waals surface area contributed by atoms with Crippen LogP contribution >= 0.6 is 15.9 Å².